The highest BCUT2D eigenvalue weighted by atomic mass is 16.5. The van der Waals surface area contributed by atoms with Gasteiger partial charge in [-0.2, -0.15) is 0 Å². The lowest BCUT2D eigenvalue weighted by Gasteiger charge is -2.39. The average molecular weight is 366 g/mol. The first-order chi connectivity index (χ1) is 12.9. The van der Waals surface area contributed by atoms with Crippen LogP contribution in [0.1, 0.15) is 44.2 Å². The van der Waals surface area contributed by atoms with Gasteiger partial charge >= 0.3 is 0 Å². The number of para-hydroxylation sites is 1. The van der Waals surface area contributed by atoms with Crippen LogP contribution in [0.15, 0.2) is 54.6 Å². The lowest BCUT2D eigenvalue weighted by molar-refractivity contribution is -0.119. The summed E-state index contributed by atoms with van der Waals surface area (Å²) in [7, 11) is 0. The molecule has 0 saturated carbocycles. The van der Waals surface area contributed by atoms with E-state index in [9.17, 15) is 4.79 Å². The molecule has 2 atom stereocenters. The van der Waals surface area contributed by atoms with E-state index in [1.54, 1.807) is 0 Å². The zero-order valence-corrected chi connectivity index (χ0v) is 16.7. The smallest absolute Gasteiger partial charge is 0.224 e. The number of anilines is 1. The zero-order valence-electron chi connectivity index (χ0n) is 16.7. The van der Waals surface area contributed by atoms with Crippen LogP contribution in [0.25, 0.3) is 0 Å². The van der Waals surface area contributed by atoms with Crippen molar-refractivity contribution in [3.8, 4) is 0 Å². The molecule has 1 aliphatic rings. The Morgan fingerprint density at radius 2 is 1.85 bits per heavy atom. The third-order valence-electron chi connectivity index (χ3n) is 5.61. The second-order valence-corrected chi connectivity index (χ2v) is 8.38. The predicted octanol–water partition coefficient (Wildman–Crippen LogP) is 5.39. The van der Waals surface area contributed by atoms with E-state index in [4.69, 9.17) is 4.74 Å². The Hall–Kier alpha value is -2.13. The van der Waals surface area contributed by atoms with Crippen molar-refractivity contribution < 1.29 is 9.53 Å². The summed E-state index contributed by atoms with van der Waals surface area (Å²) in [5.74, 6) is 0.922. The van der Waals surface area contributed by atoms with Gasteiger partial charge in [0.2, 0.25) is 5.91 Å². The minimum Gasteiger partial charge on any atom is -0.376 e. The molecule has 144 valence electrons. The predicted molar refractivity (Wildman–Crippen MR) is 111 cm³/mol. The van der Waals surface area contributed by atoms with Crippen molar-refractivity contribution in [2.45, 2.75) is 52.1 Å². The minimum atomic E-state index is -0.107. The maximum absolute atomic E-state index is 12.8. The van der Waals surface area contributed by atoms with Gasteiger partial charge in [0.25, 0.3) is 0 Å². The standard InChI is InChI=1S/C24H31NO2/c1-18-9-7-8-12-22(18)25-23(26)16-21(15-19-10-5-4-6-11-19)20-13-14-27-24(2,3)17-20/h4-12,20-21H,13-17H2,1-3H3,(H,25,26)/t20-,21+/m1/s1. The van der Waals surface area contributed by atoms with E-state index in [2.05, 4.69) is 43.4 Å². The van der Waals surface area contributed by atoms with Gasteiger partial charge in [-0.05, 0) is 69.1 Å². The van der Waals surface area contributed by atoms with E-state index < -0.39 is 0 Å². The van der Waals surface area contributed by atoms with Crippen molar-refractivity contribution in [3.05, 3.63) is 65.7 Å². The molecule has 0 aromatic heterocycles. The van der Waals surface area contributed by atoms with Gasteiger partial charge in [-0.15, -0.1) is 0 Å². The summed E-state index contributed by atoms with van der Waals surface area (Å²) in [6.45, 7) is 7.12. The summed E-state index contributed by atoms with van der Waals surface area (Å²) in [5, 5.41) is 3.12. The Bertz CT molecular complexity index is 754. The molecule has 1 heterocycles. The number of ether oxygens (including phenoxy) is 1. The van der Waals surface area contributed by atoms with Crippen LogP contribution in [-0.4, -0.2) is 18.1 Å². The summed E-state index contributed by atoms with van der Waals surface area (Å²) in [4.78, 5) is 12.8. The fourth-order valence-corrected chi connectivity index (χ4v) is 4.16. The molecule has 2 aromatic carbocycles. The van der Waals surface area contributed by atoms with Gasteiger partial charge in [0.1, 0.15) is 0 Å². The van der Waals surface area contributed by atoms with E-state index in [-0.39, 0.29) is 11.5 Å². The van der Waals surface area contributed by atoms with Crippen LogP contribution >= 0.6 is 0 Å². The Kier molecular flexibility index (Phi) is 6.33. The number of hydrogen-bond donors (Lipinski definition) is 1. The van der Waals surface area contributed by atoms with Crippen LogP contribution in [0.3, 0.4) is 0 Å². The highest BCUT2D eigenvalue weighted by molar-refractivity contribution is 5.91. The van der Waals surface area contributed by atoms with Crippen molar-refractivity contribution >= 4 is 11.6 Å². The van der Waals surface area contributed by atoms with Gasteiger partial charge in [0, 0.05) is 18.7 Å². The molecule has 0 bridgehead atoms. The lowest BCUT2D eigenvalue weighted by atomic mass is 9.75. The molecule has 3 heteroatoms. The minimum absolute atomic E-state index is 0.106. The number of carbonyl (C=O) groups is 1. The molecule has 1 aliphatic heterocycles. The topological polar surface area (TPSA) is 38.3 Å². The monoisotopic (exact) mass is 365 g/mol. The van der Waals surface area contributed by atoms with Gasteiger partial charge in [-0.25, -0.2) is 0 Å². The summed E-state index contributed by atoms with van der Waals surface area (Å²) in [6, 6.07) is 18.5. The van der Waals surface area contributed by atoms with E-state index in [0.29, 0.717) is 18.3 Å². The second kappa shape index (κ2) is 8.71. The summed E-state index contributed by atoms with van der Waals surface area (Å²) in [6.07, 6.45) is 3.51. The number of amides is 1. The summed E-state index contributed by atoms with van der Waals surface area (Å²) in [5.41, 5.74) is 3.20. The molecule has 1 saturated heterocycles. The quantitative estimate of drug-likeness (QED) is 0.745. The lowest BCUT2D eigenvalue weighted by Crippen LogP contribution is -2.38. The Morgan fingerprint density at radius 3 is 2.56 bits per heavy atom. The van der Waals surface area contributed by atoms with Crippen LogP contribution in [0.4, 0.5) is 5.69 Å². The van der Waals surface area contributed by atoms with E-state index in [0.717, 1.165) is 37.1 Å². The number of aryl methyl sites for hydroxylation is 1. The van der Waals surface area contributed by atoms with Gasteiger partial charge in [0.15, 0.2) is 0 Å². The van der Waals surface area contributed by atoms with Crippen LogP contribution in [0.2, 0.25) is 0 Å². The Labute approximate surface area is 163 Å². The Morgan fingerprint density at radius 1 is 1.15 bits per heavy atom. The molecule has 3 nitrogen and oxygen atoms in total. The molecule has 2 aromatic rings. The fraction of sp³-hybridized carbons (Fsp3) is 0.458. The fourth-order valence-electron chi connectivity index (χ4n) is 4.16. The van der Waals surface area contributed by atoms with Gasteiger partial charge < -0.3 is 10.1 Å². The highest BCUT2D eigenvalue weighted by Crippen LogP contribution is 2.36. The number of rotatable bonds is 6. The number of nitrogens with one attached hydrogen (secondary N) is 1. The van der Waals surface area contributed by atoms with Crippen LogP contribution in [0, 0.1) is 18.8 Å². The second-order valence-electron chi connectivity index (χ2n) is 8.38. The number of benzene rings is 2. The molecular formula is C24H31NO2. The number of carbonyl (C=O) groups excluding carboxylic acids is 1. The van der Waals surface area contributed by atoms with Crippen molar-refractivity contribution in [1.29, 1.82) is 0 Å². The average Bonchev–Trinajstić information content (AvgIpc) is 2.63. The molecule has 27 heavy (non-hydrogen) atoms. The maximum Gasteiger partial charge on any atom is 0.224 e. The molecule has 0 unspecified atom stereocenters. The van der Waals surface area contributed by atoms with Crippen molar-refractivity contribution in [2.24, 2.45) is 11.8 Å². The van der Waals surface area contributed by atoms with Crippen molar-refractivity contribution in [3.63, 3.8) is 0 Å². The molecule has 3 rings (SSSR count). The van der Waals surface area contributed by atoms with Crippen LogP contribution in [-0.2, 0) is 16.0 Å². The van der Waals surface area contributed by atoms with Gasteiger partial charge in [-0.3, -0.25) is 4.79 Å². The van der Waals surface area contributed by atoms with E-state index in [1.807, 2.05) is 37.3 Å². The van der Waals surface area contributed by atoms with Crippen LogP contribution in [0.5, 0.6) is 0 Å². The van der Waals surface area contributed by atoms with Gasteiger partial charge in [0.05, 0.1) is 5.60 Å². The molecule has 0 aliphatic carbocycles. The van der Waals surface area contributed by atoms with Gasteiger partial charge in [-0.1, -0.05) is 48.5 Å². The third-order valence-corrected chi connectivity index (χ3v) is 5.61. The Balaban J connectivity index is 1.72. The first-order valence-corrected chi connectivity index (χ1v) is 9.96. The molecule has 1 fully saturated rings. The van der Waals surface area contributed by atoms with E-state index in [1.165, 1.54) is 5.56 Å². The molecule has 0 spiro atoms. The largest absolute Gasteiger partial charge is 0.376 e. The van der Waals surface area contributed by atoms with Crippen LogP contribution < -0.4 is 5.32 Å². The first-order valence-electron chi connectivity index (χ1n) is 9.96. The normalized spacial score (nSPS) is 20.0. The molecule has 1 N–H and O–H groups in total. The molecule has 1 amide bonds. The summed E-state index contributed by atoms with van der Waals surface area (Å²) < 4.78 is 5.91. The highest BCUT2D eigenvalue weighted by Gasteiger charge is 2.34. The molecule has 0 radical (unpaired) electrons. The summed E-state index contributed by atoms with van der Waals surface area (Å²) >= 11 is 0. The zero-order chi connectivity index (χ0) is 19.3. The van der Waals surface area contributed by atoms with Crippen molar-refractivity contribution in [2.75, 3.05) is 11.9 Å². The third kappa shape index (κ3) is 5.67. The first kappa shape index (κ1) is 19.6. The molecular weight excluding hydrogens is 334 g/mol. The van der Waals surface area contributed by atoms with Crippen molar-refractivity contribution in [1.82, 2.24) is 0 Å². The number of hydrogen-bond acceptors (Lipinski definition) is 2. The SMILES string of the molecule is Cc1ccccc1NC(=O)C[C@H](Cc1ccccc1)[C@@H]1CCOC(C)(C)C1. The van der Waals surface area contributed by atoms with E-state index >= 15 is 0 Å². The maximum atomic E-state index is 12.8.